The number of aryl methyl sites for hydroxylation is 1. The molecule has 1 aromatic carbocycles. The number of nitrogens with zero attached hydrogens (tertiary/aromatic N) is 2. The first-order chi connectivity index (χ1) is 12.5. The maximum atomic E-state index is 11.5. The Morgan fingerprint density at radius 1 is 1.46 bits per heavy atom. The fourth-order valence-electron chi connectivity index (χ4n) is 2.91. The molecule has 0 unspecified atom stereocenters. The summed E-state index contributed by atoms with van der Waals surface area (Å²) >= 11 is 2.83. The molecule has 136 valence electrons. The Labute approximate surface area is 158 Å². The Hall–Kier alpha value is -1.82. The number of thioether (sulfide) groups is 1. The van der Waals surface area contributed by atoms with E-state index in [1.807, 2.05) is 6.07 Å². The van der Waals surface area contributed by atoms with Crippen LogP contribution in [0.25, 0.3) is 0 Å². The molecule has 2 aliphatic heterocycles. The van der Waals surface area contributed by atoms with Gasteiger partial charge in [0.25, 0.3) is 0 Å². The van der Waals surface area contributed by atoms with Crippen molar-refractivity contribution < 1.29 is 19.6 Å². The Kier molecular flexibility index (Phi) is 4.78. The van der Waals surface area contributed by atoms with E-state index in [2.05, 4.69) is 20.8 Å². The van der Waals surface area contributed by atoms with Crippen LogP contribution in [0.5, 0.6) is 5.75 Å². The van der Waals surface area contributed by atoms with Crippen LogP contribution in [-0.2, 0) is 6.42 Å². The third-order valence-corrected chi connectivity index (χ3v) is 6.58. The minimum Gasteiger partial charge on any atom is -0.535 e. The van der Waals surface area contributed by atoms with E-state index in [1.165, 1.54) is 23.1 Å². The summed E-state index contributed by atoms with van der Waals surface area (Å²) in [5, 5.41) is 35.0. The first-order valence-corrected chi connectivity index (χ1v) is 9.89. The van der Waals surface area contributed by atoms with Crippen molar-refractivity contribution in [2.45, 2.75) is 28.9 Å². The van der Waals surface area contributed by atoms with E-state index in [-0.39, 0.29) is 16.5 Å². The number of benzene rings is 1. The molecule has 0 saturated carbocycles. The minimum absolute atomic E-state index is 0.113. The number of carboxylic acids is 1. The number of aromatic carboxylic acids is 1. The minimum atomic E-state index is -1.11. The van der Waals surface area contributed by atoms with E-state index < -0.39 is 13.1 Å². The summed E-state index contributed by atoms with van der Waals surface area (Å²) in [6, 6.07) is 4.01. The van der Waals surface area contributed by atoms with Gasteiger partial charge in [-0.05, 0) is 24.5 Å². The Balaban J connectivity index is 1.49. The summed E-state index contributed by atoms with van der Waals surface area (Å²) in [6.45, 7) is 3.55. The number of rotatable bonds is 5. The van der Waals surface area contributed by atoms with Crippen LogP contribution in [0.4, 0.5) is 5.13 Å². The molecule has 4 rings (SSSR count). The first kappa shape index (κ1) is 17.6. The van der Waals surface area contributed by atoms with Gasteiger partial charge in [0.1, 0.15) is 11.3 Å². The summed E-state index contributed by atoms with van der Waals surface area (Å²) < 4.78 is 6.31. The highest BCUT2D eigenvalue weighted by molar-refractivity contribution is 8.02. The van der Waals surface area contributed by atoms with Crippen LogP contribution in [0.2, 0.25) is 0 Å². The molecule has 0 bridgehead atoms. The van der Waals surface area contributed by atoms with Gasteiger partial charge in [-0.25, -0.2) is 4.79 Å². The van der Waals surface area contributed by atoms with Crippen molar-refractivity contribution in [3.63, 3.8) is 0 Å². The second-order valence-electron chi connectivity index (χ2n) is 6.29. The van der Waals surface area contributed by atoms with Gasteiger partial charge in [-0.1, -0.05) is 35.2 Å². The fourth-order valence-corrected chi connectivity index (χ4v) is 5.05. The SMILES string of the molecule is Cc1ccc2c(c1C(=O)O)OB(O)[C@@H](Sc1nnc(NC3CNC3)s1)C2. The summed E-state index contributed by atoms with van der Waals surface area (Å²) in [4.78, 5) is 11.5. The molecule has 0 amide bonds. The molecule has 0 aliphatic carbocycles. The normalized spacial score (nSPS) is 19.5. The molecule has 2 aliphatic rings. The highest BCUT2D eigenvalue weighted by Crippen LogP contribution is 2.39. The second kappa shape index (κ2) is 7.07. The molecule has 26 heavy (non-hydrogen) atoms. The topological polar surface area (TPSA) is 117 Å². The number of nitrogens with one attached hydrogen (secondary N) is 2. The molecule has 1 atom stereocenters. The van der Waals surface area contributed by atoms with Crippen LogP contribution < -0.4 is 15.3 Å². The summed E-state index contributed by atoms with van der Waals surface area (Å²) in [7, 11) is -1.11. The lowest BCUT2D eigenvalue weighted by Gasteiger charge is -2.28. The Bertz CT molecular complexity index is 845. The maximum Gasteiger partial charge on any atom is 0.537 e. The van der Waals surface area contributed by atoms with Crippen molar-refractivity contribution in [3.8, 4) is 5.75 Å². The number of carboxylic acid groups (broad SMARTS) is 1. The molecular formula is C15H17BN4O4S2. The molecule has 3 heterocycles. The molecule has 0 spiro atoms. The highest BCUT2D eigenvalue weighted by Gasteiger charge is 2.38. The zero-order chi connectivity index (χ0) is 18.3. The highest BCUT2D eigenvalue weighted by atomic mass is 32.2. The van der Waals surface area contributed by atoms with Crippen molar-refractivity contribution in [2.24, 2.45) is 0 Å². The molecule has 1 saturated heterocycles. The van der Waals surface area contributed by atoms with Crippen molar-refractivity contribution >= 4 is 41.3 Å². The maximum absolute atomic E-state index is 11.5. The number of aromatic nitrogens is 2. The van der Waals surface area contributed by atoms with E-state index >= 15 is 0 Å². The Morgan fingerprint density at radius 2 is 2.27 bits per heavy atom. The molecule has 1 fully saturated rings. The molecule has 1 aromatic heterocycles. The van der Waals surface area contributed by atoms with Crippen LogP contribution in [0.3, 0.4) is 0 Å². The van der Waals surface area contributed by atoms with Gasteiger partial charge >= 0.3 is 13.1 Å². The van der Waals surface area contributed by atoms with Gasteiger partial charge in [-0.3, -0.25) is 0 Å². The summed E-state index contributed by atoms with van der Waals surface area (Å²) in [6.07, 6.45) is 0.497. The number of anilines is 1. The third-order valence-electron chi connectivity index (χ3n) is 4.41. The molecule has 11 heteroatoms. The van der Waals surface area contributed by atoms with Gasteiger partial charge in [0.05, 0.1) is 11.2 Å². The standard InChI is InChI=1S/C15H17BN4O4S2/c1-7-2-3-8-4-10(16(23)24-12(8)11(7)13(21)22)25-15-20-19-14(26-15)18-9-5-17-6-9/h2-3,9-10,17,23H,4-6H2,1H3,(H,18,19)(H,21,22)/t10-/m0/s1. The van der Waals surface area contributed by atoms with Gasteiger partial charge < -0.3 is 25.4 Å². The van der Waals surface area contributed by atoms with Crippen LogP contribution in [0.1, 0.15) is 21.5 Å². The molecular weight excluding hydrogens is 375 g/mol. The number of fused-ring (bicyclic) bond motifs is 1. The van der Waals surface area contributed by atoms with E-state index in [0.717, 1.165) is 28.1 Å². The van der Waals surface area contributed by atoms with Crippen molar-refractivity contribution in [3.05, 3.63) is 28.8 Å². The molecule has 4 N–H and O–H groups in total. The van der Waals surface area contributed by atoms with E-state index in [0.29, 0.717) is 18.0 Å². The average Bonchev–Trinajstić information content (AvgIpc) is 2.99. The van der Waals surface area contributed by atoms with E-state index in [1.54, 1.807) is 13.0 Å². The number of hydrogen-bond acceptors (Lipinski definition) is 9. The quantitative estimate of drug-likeness (QED) is 0.554. The fraction of sp³-hybridized carbons (Fsp3) is 0.400. The molecule has 8 nitrogen and oxygen atoms in total. The average molecular weight is 392 g/mol. The predicted octanol–water partition coefficient (Wildman–Crippen LogP) is 1.04. The zero-order valence-electron chi connectivity index (χ0n) is 13.9. The first-order valence-electron chi connectivity index (χ1n) is 8.19. The Morgan fingerprint density at radius 3 is 2.96 bits per heavy atom. The van der Waals surface area contributed by atoms with Gasteiger partial charge in [-0.15, -0.1) is 10.2 Å². The number of carbonyl (C=O) groups is 1. The second-order valence-corrected chi connectivity index (χ2v) is 8.76. The van der Waals surface area contributed by atoms with Crippen LogP contribution in [0, 0.1) is 6.92 Å². The summed E-state index contributed by atoms with van der Waals surface area (Å²) in [5.41, 5.74) is 1.50. The van der Waals surface area contributed by atoms with Crippen molar-refractivity contribution in [1.82, 2.24) is 15.5 Å². The summed E-state index contributed by atoms with van der Waals surface area (Å²) in [5.74, 6) is -0.790. The van der Waals surface area contributed by atoms with Crippen molar-refractivity contribution in [1.29, 1.82) is 0 Å². The molecule has 2 aromatic rings. The third kappa shape index (κ3) is 3.39. The monoisotopic (exact) mass is 392 g/mol. The number of hydrogen-bond donors (Lipinski definition) is 4. The van der Waals surface area contributed by atoms with Crippen LogP contribution in [0.15, 0.2) is 16.5 Å². The molecule has 0 radical (unpaired) electrons. The smallest absolute Gasteiger partial charge is 0.535 e. The van der Waals surface area contributed by atoms with Crippen LogP contribution in [-0.4, -0.2) is 57.7 Å². The van der Waals surface area contributed by atoms with Gasteiger partial charge in [0, 0.05) is 13.1 Å². The lowest BCUT2D eigenvalue weighted by Crippen LogP contribution is -2.51. The van der Waals surface area contributed by atoms with Gasteiger partial charge in [0.15, 0.2) is 4.34 Å². The van der Waals surface area contributed by atoms with Gasteiger partial charge in [0.2, 0.25) is 5.13 Å². The van der Waals surface area contributed by atoms with E-state index in [9.17, 15) is 14.9 Å². The zero-order valence-corrected chi connectivity index (χ0v) is 15.6. The van der Waals surface area contributed by atoms with E-state index in [4.69, 9.17) is 4.65 Å². The lowest BCUT2D eigenvalue weighted by atomic mass is 9.77. The lowest BCUT2D eigenvalue weighted by molar-refractivity contribution is 0.0693. The largest absolute Gasteiger partial charge is 0.537 e. The van der Waals surface area contributed by atoms with Crippen molar-refractivity contribution in [2.75, 3.05) is 18.4 Å². The van der Waals surface area contributed by atoms with Gasteiger partial charge in [-0.2, -0.15) is 0 Å². The predicted molar refractivity (Wildman–Crippen MR) is 100 cm³/mol. The van der Waals surface area contributed by atoms with Crippen LogP contribution >= 0.6 is 23.1 Å².